The van der Waals surface area contributed by atoms with Gasteiger partial charge in [0, 0.05) is 60.7 Å². The van der Waals surface area contributed by atoms with Crippen LogP contribution in [0.1, 0.15) is 64.1 Å². The van der Waals surface area contributed by atoms with Gasteiger partial charge in [0.05, 0.1) is 5.71 Å². The molecule has 0 radical (unpaired) electrons. The van der Waals surface area contributed by atoms with E-state index >= 15 is 0 Å². The van der Waals surface area contributed by atoms with Crippen LogP contribution in [0.15, 0.2) is 29.3 Å². The third-order valence-electron chi connectivity index (χ3n) is 7.77. The molecule has 2 aromatic heterocycles. The third kappa shape index (κ3) is 3.85. The first-order chi connectivity index (χ1) is 17.0. The smallest absolute Gasteiger partial charge is 0.163 e. The molecule has 35 heavy (non-hydrogen) atoms. The Bertz CT molecular complexity index is 1360. The molecule has 1 N–H and O–H groups in total. The van der Waals surface area contributed by atoms with Gasteiger partial charge >= 0.3 is 0 Å². The van der Waals surface area contributed by atoms with Crippen molar-refractivity contribution in [3.8, 4) is 16.8 Å². The van der Waals surface area contributed by atoms with Crippen molar-refractivity contribution in [2.24, 2.45) is 16.3 Å². The van der Waals surface area contributed by atoms with E-state index in [4.69, 9.17) is 9.73 Å². The first-order valence-corrected chi connectivity index (χ1v) is 13.2. The molecule has 3 aliphatic rings. The number of nitrogens with zero attached hydrogens (tertiary/aromatic N) is 4. The lowest BCUT2D eigenvalue weighted by Gasteiger charge is -2.53. The summed E-state index contributed by atoms with van der Waals surface area (Å²) in [5.41, 5.74) is 6.21. The predicted octanol–water partition coefficient (Wildman–Crippen LogP) is 4.53. The normalized spacial score (nSPS) is 20.1. The first-order valence-electron chi connectivity index (χ1n) is 12.4. The van der Waals surface area contributed by atoms with Crippen LogP contribution in [0, 0.1) is 43.9 Å². The number of ether oxygens (including phenoxy) is 1. The molecule has 6 nitrogen and oxygen atoms in total. The molecular weight excluding hydrogens is 454 g/mol. The minimum absolute atomic E-state index is 0.114. The fraction of sp³-hybridized carbons (Fsp3) is 0.464. The molecule has 0 amide bonds. The van der Waals surface area contributed by atoms with Gasteiger partial charge in [-0.2, -0.15) is 0 Å². The number of aryl methyl sites for hydroxylation is 2. The summed E-state index contributed by atoms with van der Waals surface area (Å²) in [4.78, 5) is 6.58. The number of rotatable bonds is 4. The molecular formula is C28H31N5OS. The Morgan fingerprint density at radius 3 is 2.60 bits per heavy atom. The van der Waals surface area contributed by atoms with Crippen LogP contribution in [0.25, 0.3) is 5.00 Å². The summed E-state index contributed by atoms with van der Waals surface area (Å²) in [5, 5.41) is 13.5. The molecule has 2 aliphatic heterocycles. The lowest BCUT2D eigenvalue weighted by molar-refractivity contribution is 0.0266. The second-order valence-electron chi connectivity index (χ2n) is 10.2. The lowest BCUT2D eigenvalue weighted by atomic mass is 9.59. The zero-order valence-electron chi connectivity index (χ0n) is 20.8. The number of hydrogen-bond acceptors (Lipinski definition) is 6. The predicted molar refractivity (Wildman–Crippen MR) is 140 cm³/mol. The van der Waals surface area contributed by atoms with Gasteiger partial charge in [-0.05, 0) is 56.7 Å². The zero-order valence-corrected chi connectivity index (χ0v) is 21.6. The summed E-state index contributed by atoms with van der Waals surface area (Å²) >= 11 is 1.79. The summed E-state index contributed by atoms with van der Waals surface area (Å²) in [6.07, 6.45) is 3.24. The van der Waals surface area contributed by atoms with Crippen molar-refractivity contribution in [2.75, 3.05) is 26.8 Å². The minimum atomic E-state index is -0.114. The molecule has 2 fully saturated rings. The molecule has 1 atom stereocenters. The highest BCUT2D eigenvalue weighted by atomic mass is 32.1. The van der Waals surface area contributed by atoms with Gasteiger partial charge in [0.1, 0.15) is 16.9 Å². The van der Waals surface area contributed by atoms with Crippen molar-refractivity contribution >= 4 is 17.0 Å². The van der Waals surface area contributed by atoms with E-state index in [1.807, 2.05) is 6.92 Å². The van der Waals surface area contributed by atoms with Crippen LogP contribution in [0.3, 0.4) is 0 Å². The van der Waals surface area contributed by atoms with Gasteiger partial charge < -0.3 is 10.1 Å². The third-order valence-corrected chi connectivity index (χ3v) is 8.97. The van der Waals surface area contributed by atoms with Crippen molar-refractivity contribution in [3.63, 3.8) is 0 Å². The molecule has 1 aliphatic carbocycles. The van der Waals surface area contributed by atoms with Gasteiger partial charge in [0.25, 0.3) is 0 Å². The summed E-state index contributed by atoms with van der Waals surface area (Å²) in [7, 11) is 1.73. The van der Waals surface area contributed by atoms with E-state index in [0.717, 1.165) is 39.9 Å². The van der Waals surface area contributed by atoms with Gasteiger partial charge in [-0.1, -0.05) is 24.0 Å². The van der Waals surface area contributed by atoms with E-state index in [-0.39, 0.29) is 6.04 Å². The van der Waals surface area contributed by atoms with Gasteiger partial charge in [-0.3, -0.25) is 9.56 Å². The summed E-state index contributed by atoms with van der Waals surface area (Å²) in [5.74, 6) is 9.24. The number of methoxy groups -OCH3 is 1. The monoisotopic (exact) mass is 485 g/mol. The van der Waals surface area contributed by atoms with Crippen LogP contribution < -0.4 is 5.32 Å². The lowest BCUT2D eigenvalue weighted by Crippen LogP contribution is -2.59. The Labute approximate surface area is 210 Å². The average Bonchev–Trinajstić information content (AvgIpc) is 3.27. The van der Waals surface area contributed by atoms with Crippen LogP contribution in [0.5, 0.6) is 0 Å². The van der Waals surface area contributed by atoms with Crippen LogP contribution in [-0.4, -0.2) is 47.3 Å². The van der Waals surface area contributed by atoms with Crippen molar-refractivity contribution in [3.05, 3.63) is 63.0 Å². The molecule has 1 saturated carbocycles. The maximum Gasteiger partial charge on any atom is 0.163 e. The number of benzene rings is 1. The van der Waals surface area contributed by atoms with E-state index < -0.39 is 0 Å². The molecule has 180 valence electrons. The number of fused-ring (bicyclic) bond motifs is 3. The van der Waals surface area contributed by atoms with Gasteiger partial charge in [-0.15, -0.1) is 21.5 Å². The molecule has 1 aromatic carbocycles. The molecule has 0 bridgehead atoms. The van der Waals surface area contributed by atoms with E-state index in [1.165, 1.54) is 41.9 Å². The largest absolute Gasteiger partial charge is 0.385 e. The zero-order chi connectivity index (χ0) is 24.2. The Morgan fingerprint density at radius 1 is 1.14 bits per heavy atom. The number of thiophene rings is 1. The van der Waals surface area contributed by atoms with Gasteiger partial charge in [0.15, 0.2) is 5.82 Å². The van der Waals surface area contributed by atoms with Crippen molar-refractivity contribution in [2.45, 2.75) is 46.1 Å². The number of aliphatic imine (C=N–C) groups is 1. The summed E-state index contributed by atoms with van der Waals surface area (Å²) in [6, 6.07) is 8.50. The molecule has 4 heterocycles. The molecule has 1 unspecified atom stereocenters. The number of hydrogen-bond donors (Lipinski definition) is 1. The molecule has 3 aromatic rings. The fourth-order valence-corrected chi connectivity index (χ4v) is 6.78. The molecule has 7 heteroatoms. The van der Waals surface area contributed by atoms with E-state index in [1.54, 1.807) is 18.4 Å². The molecule has 1 saturated heterocycles. The SMILES string of the molecule is COCCC1N=C(c2ccc(C#CC3CC4(CNC4)C3)cc2)c2c(sc(C)c2C)-n2c(C)nnc21. The van der Waals surface area contributed by atoms with Crippen molar-refractivity contribution < 1.29 is 4.74 Å². The van der Waals surface area contributed by atoms with Crippen LogP contribution >= 0.6 is 11.3 Å². The van der Waals surface area contributed by atoms with Gasteiger partial charge in [0.2, 0.25) is 0 Å². The van der Waals surface area contributed by atoms with E-state index in [2.05, 4.69) is 70.0 Å². The summed E-state index contributed by atoms with van der Waals surface area (Å²) < 4.78 is 7.60. The van der Waals surface area contributed by atoms with Crippen LogP contribution in [0.2, 0.25) is 0 Å². The Morgan fingerprint density at radius 2 is 1.91 bits per heavy atom. The quantitative estimate of drug-likeness (QED) is 0.552. The maximum absolute atomic E-state index is 5.41. The maximum atomic E-state index is 5.41. The molecule has 1 spiro atoms. The number of aromatic nitrogens is 3. The fourth-order valence-electron chi connectivity index (χ4n) is 5.56. The average molecular weight is 486 g/mol. The Hall–Kier alpha value is -2.79. The van der Waals surface area contributed by atoms with E-state index in [0.29, 0.717) is 17.9 Å². The Kier molecular flexibility index (Phi) is 5.63. The van der Waals surface area contributed by atoms with Crippen LogP contribution in [-0.2, 0) is 4.74 Å². The Balaban J connectivity index is 1.35. The van der Waals surface area contributed by atoms with Crippen molar-refractivity contribution in [1.82, 2.24) is 20.1 Å². The van der Waals surface area contributed by atoms with Crippen LogP contribution in [0.4, 0.5) is 0 Å². The second-order valence-corrected chi connectivity index (χ2v) is 11.4. The van der Waals surface area contributed by atoms with Crippen molar-refractivity contribution in [1.29, 1.82) is 0 Å². The number of nitrogens with one attached hydrogen (secondary N) is 1. The standard InChI is InChI=1S/C28H31N5OS/c1-17-18(2)35-27-24(17)25(30-23(11-12-34-4)26-32-31-19(3)33(26)27)22-9-7-20(8-10-22)5-6-21-13-28(14-21)15-29-16-28/h7-10,21,23,29H,11-16H2,1-4H3. The molecule has 6 rings (SSSR count). The van der Waals surface area contributed by atoms with Gasteiger partial charge in [-0.25, -0.2) is 0 Å². The second kappa shape index (κ2) is 8.70. The minimum Gasteiger partial charge on any atom is -0.385 e. The highest BCUT2D eigenvalue weighted by Crippen LogP contribution is 2.48. The summed E-state index contributed by atoms with van der Waals surface area (Å²) in [6.45, 7) is 9.35. The topological polar surface area (TPSA) is 64.3 Å². The highest BCUT2D eigenvalue weighted by Gasteiger charge is 2.47. The highest BCUT2D eigenvalue weighted by molar-refractivity contribution is 7.15. The first kappa shape index (κ1) is 22.7. The van der Waals surface area contributed by atoms with E-state index in [9.17, 15) is 0 Å².